The highest BCUT2D eigenvalue weighted by Gasteiger charge is 2.28. The summed E-state index contributed by atoms with van der Waals surface area (Å²) in [5.41, 5.74) is 0. The van der Waals surface area contributed by atoms with Crippen molar-refractivity contribution in [1.82, 2.24) is 10.0 Å². The fourth-order valence-corrected chi connectivity index (χ4v) is 3.60. The fourth-order valence-electron chi connectivity index (χ4n) is 1.96. The van der Waals surface area contributed by atoms with Crippen molar-refractivity contribution in [3.8, 4) is 0 Å². The number of halogens is 1. The predicted molar refractivity (Wildman–Crippen MR) is 92.9 cm³/mol. The van der Waals surface area contributed by atoms with E-state index in [-0.39, 0.29) is 16.7 Å². The Labute approximate surface area is 143 Å². The van der Waals surface area contributed by atoms with Crippen LogP contribution in [0, 0.1) is 11.8 Å². The van der Waals surface area contributed by atoms with Crippen LogP contribution < -0.4 is 10.0 Å². The van der Waals surface area contributed by atoms with E-state index in [9.17, 15) is 13.2 Å². The number of amides is 1. The molecule has 7 heteroatoms. The first kappa shape index (κ1) is 19.9. The highest BCUT2D eigenvalue weighted by atomic mass is 35.5. The number of carbonyl (C=O) groups is 1. The summed E-state index contributed by atoms with van der Waals surface area (Å²) in [6.45, 7) is 8.25. The van der Waals surface area contributed by atoms with E-state index in [4.69, 9.17) is 11.6 Å². The van der Waals surface area contributed by atoms with E-state index in [0.29, 0.717) is 17.5 Å². The van der Waals surface area contributed by atoms with Crippen LogP contribution in [0.2, 0.25) is 5.02 Å². The van der Waals surface area contributed by atoms with E-state index in [1.807, 2.05) is 0 Å². The van der Waals surface area contributed by atoms with E-state index < -0.39 is 16.1 Å². The summed E-state index contributed by atoms with van der Waals surface area (Å²) in [4.78, 5) is 12.3. The SMILES string of the molecule is CC(C)CCNC(=O)[C@@H](NS(=O)(=O)c1cccc(Cl)c1)C(C)C. The number of carbonyl (C=O) groups excluding carboxylic acids is 1. The third-order valence-electron chi connectivity index (χ3n) is 3.36. The van der Waals surface area contributed by atoms with Crippen molar-refractivity contribution >= 4 is 27.5 Å². The number of benzene rings is 1. The quantitative estimate of drug-likeness (QED) is 0.748. The summed E-state index contributed by atoms with van der Waals surface area (Å²) in [5, 5.41) is 3.12. The highest BCUT2D eigenvalue weighted by molar-refractivity contribution is 7.89. The fraction of sp³-hybridized carbons (Fsp3) is 0.562. The molecule has 0 bridgehead atoms. The van der Waals surface area contributed by atoms with Gasteiger partial charge in [-0.15, -0.1) is 0 Å². The average molecular weight is 361 g/mol. The maximum absolute atomic E-state index is 12.4. The van der Waals surface area contributed by atoms with Gasteiger partial charge in [-0.25, -0.2) is 8.42 Å². The smallest absolute Gasteiger partial charge is 0.241 e. The van der Waals surface area contributed by atoms with Crippen molar-refractivity contribution in [2.24, 2.45) is 11.8 Å². The Morgan fingerprint density at radius 3 is 2.39 bits per heavy atom. The van der Waals surface area contributed by atoms with Crippen LogP contribution in [0.15, 0.2) is 29.2 Å². The number of hydrogen-bond donors (Lipinski definition) is 2. The first-order valence-corrected chi connectivity index (χ1v) is 9.55. The Kier molecular flexibility index (Phi) is 7.51. The molecule has 130 valence electrons. The maximum Gasteiger partial charge on any atom is 0.241 e. The van der Waals surface area contributed by atoms with Crippen LogP contribution in [-0.2, 0) is 14.8 Å². The monoisotopic (exact) mass is 360 g/mol. The molecular formula is C16H25ClN2O3S. The molecular weight excluding hydrogens is 336 g/mol. The van der Waals surface area contributed by atoms with Crippen molar-refractivity contribution in [2.45, 2.75) is 45.1 Å². The van der Waals surface area contributed by atoms with Crippen molar-refractivity contribution in [1.29, 1.82) is 0 Å². The molecule has 2 N–H and O–H groups in total. The van der Waals surface area contributed by atoms with Crippen molar-refractivity contribution in [3.05, 3.63) is 29.3 Å². The van der Waals surface area contributed by atoms with Gasteiger partial charge in [0.15, 0.2) is 0 Å². The molecule has 1 atom stereocenters. The Bertz CT molecular complexity index is 630. The first-order valence-electron chi connectivity index (χ1n) is 7.69. The normalized spacial score (nSPS) is 13.3. The van der Waals surface area contributed by atoms with Gasteiger partial charge in [-0.1, -0.05) is 45.4 Å². The molecule has 0 saturated carbocycles. The van der Waals surface area contributed by atoms with E-state index in [2.05, 4.69) is 23.9 Å². The van der Waals surface area contributed by atoms with Gasteiger partial charge in [0, 0.05) is 11.6 Å². The Morgan fingerprint density at radius 1 is 1.22 bits per heavy atom. The molecule has 0 aliphatic heterocycles. The molecule has 0 fully saturated rings. The molecule has 1 aromatic rings. The second kappa shape index (κ2) is 8.66. The largest absolute Gasteiger partial charge is 0.355 e. The predicted octanol–water partition coefficient (Wildman–Crippen LogP) is 2.81. The Balaban J connectivity index is 2.84. The molecule has 0 aromatic heterocycles. The zero-order chi connectivity index (χ0) is 17.6. The first-order chi connectivity index (χ1) is 10.6. The van der Waals surface area contributed by atoms with Crippen LogP contribution in [0.1, 0.15) is 34.1 Å². The average Bonchev–Trinajstić information content (AvgIpc) is 2.44. The molecule has 5 nitrogen and oxygen atoms in total. The van der Waals surface area contributed by atoms with Crippen molar-refractivity contribution in [2.75, 3.05) is 6.54 Å². The minimum Gasteiger partial charge on any atom is -0.355 e. The van der Waals surface area contributed by atoms with Gasteiger partial charge in [0.2, 0.25) is 15.9 Å². The topological polar surface area (TPSA) is 75.3 Å². The molecule has 23 heavy (non-hydrogen) atoms. The third kappa shape index (κ3) is 6.49. The molecule has 0 saturated heterocycles. The number of sulfonamides is 1. The van der Waals surface area contributed by atoms with Gasteiger partial charge in [0.05, 0.1) is 4.90 Å². The second-order valence-corrected chi connectivity index (χ2v) is 8.42. The third-order valence-corrected chi connectivity index (χ3v) is 5.03. The van der Waals surface area contributed by atoms with Gasteiger partial charge in [0.25, 0.3) is 0 Å². The number of nitrogens with one attached hydrogen (secondary N) is 2. The van der Waals surface area contributed by atoms with Crippen LogP contribution in [0.3, 0.4) is 0 Å². The van der Waals surface area contributed by atoms with Crippen LogP contribution in [0.4, 0.5) is 0 Å². The molecule has 0 unspecified atom stereocenters. The number of rotatable bonds is 8. The van der Waals surface area contributed by atoms with E-state index in [1.165, 1.54) is 12.1 Å². The Hall–Kier alpha value is -1.11. The van der Waals surface area contributed by atoms with E-state index >= 15 is 0 Å². The van der Waals surface area contributed by atoms with Crippen molar-refractivity contribution in [3.63, 3.8) is 0 Å². The summed E-state index contributed by atoms with van der Waals surface area (Å²) >= 11 is 5.84. The van der Waals surface area contributed by atoms with Gasteiger partial charge in [0.1, 0.15) is 6.04 Å². The molecule has 0 aliphatic rings. The summed E-state index contributed by atoms with van der Waals surface area (Å²) in [7, 11) is -3.81. The van der Waals surface area contributed by atoms with Crippen molar-refractivity contribution < 1.29 is 13.2 Å². The molecule has 0 radical (unpaired) electrons. The van der Waals surface area contributed by atoms with Gasteiger partial charge in [-0.2, -0.15) is 4.72 Å². The molecule has 1 amide bonds. The van der Waals surface area contributed by atoms with Gasteiger partial charge < -0.3 is 5.32 Å². The summed E-state index contributed by atoms with van der Waals surface area (Å²) in [6, 6.07) is 5.13. The lowest BCUT2D eigenvalue weighted by molar-refractivity contribution is -0.123. The van der Waals surface area contributed by atoms with E-state index in [1.54, 1.807) is 26.0 Å². The highest BCUT2D eigenvalue weighted by Crippen LogP contribution is 2.16. The molecule has 0 aliphatic carbocycles. The van der Waals surface area contributed by atoms with Crippen LogP contribution in [-0.4, -0.2) is 26.9 Å². The standard InChI is InChI=1S/C16H25ClN2O3S/c1-11(2)8-9-18-16(20)15(12(3)4)19-23(21,22)14-7-5-6-13(17)10-14/h5-7,10-12,15,19H,8-9H2,1-4H3,(H,18,20)/t15-/m0/s1. The van der Waals surface area contributed by atoms with Crippen LogP contribution in [0.5, 0.6) is 0 Å². The van der Waals surface area contributed by atoms with Gasteiger partial charge in [-0.05, 0) is 36.5 Å². The summed E-state index contributed by atoms with van der Waals surface area (Å²) in [5.74, 6) is -0.0229. The number of hydrogen-bond acceptors (Lipinski definition) is 3. The second-order valence-electron chi connectivity index (χ2n) is 6.27. The minimum absolute atomic E-state index is 0.0469. The summed E-state index contributed by atoms with van der Waals surface area (Å²) in [6.07, 6.45) is 0.845. The lowest BCUT2D eigenvalue weighted by Crippen LogP contribution is -2.49. The lowest BCUT2D eigenvalue weighted by atomic mass is 10.0. The van der Waals surface area contributed by atoms with Crippen LogP contribution in [0.25, 0.3) is 0 Å². The van der Waals surface area contributed by atoms with Gasteiger partial charge >= 0.3 is 0 Å². The molecule has 0 heterocycles. The van der Waals surface area contributed by atoms with Crippen LogP contribution >= 0.6 is 11.6 Å². The molecule has 1 aromatic carbocycles. The summed E-state index contributed by atoms with van der Waals surface area (Å²) < 4.78 is 27.3. The lowest BCUT2D eigenvalue weighted by Gasteiger charge is -2.22. The molecule has 0 spiro atoms. The maximum atomic E-state index is 12.4. The zero-order valence-corrected chi connectivity index (χ0v) is 15.5. The zero-order valence-electron chi connectivity index (χ0n) is 14.0. The molecule has 1 rings (SSSR count). The van der Waals surface area contributed by atoms with Gasteiger partial charge in [-0.3, -0.25) is 4.79 Å². The Morgan fingerprint density at radius 2 is 1.87 bits per heavy atom. The minimum atomic E-state index is -3.81. The van der Waals surface area contributed by atoms with E-state index in [0.717, 1.165) is 6.42 Å².